The highest BCUT2D eigenvalue weighted by atomic mass is 19.4. The third-order valence-electron chi connectivity index (χ3n) is 6.42. The van der Waals surface area contributed by atoms with Crippen LogP contribution in [-0.2, 0) is 26.7 Å². The quantitative estimate of drug-likeness (QED) is 0.480. The Labute approximate surface area is 205 Å². The molecule has 0 bridgehead atoms. The highest BCUT2D eigenvalue weighted by Gasteiger charge is 2.40. The maximum Gasteiger partial charge on any atom is 0.416 e. The van der Waals surface area contributed by atoms with Crippen LogP contribution in [0.3, 0.4) is 0 Å². The van der Waals surface area contributed by atoms with Crippen molar-refractivity contribution in [1.29, 1.82) is 0 Å². The Balaban J connectivity index is 0.000000201. The van der Waals surface area contributed by atoms with E-state index in [4.69, 9.17) is 9.57 Å². The monoisotopic (exact) mass is 518 g/mol. The third-order valence-corrected chi connectivity index (χ3v) is 6.42. The Morgan fingerprint density at radius 1 is 1.00 bits per heavy atom. The second-order valence-corrected chi connectivity index (χ2v) is 8.96. The SMILES string of the molecule is COC(C)c1cc(C(F)(F)F)cc(C(F)(F)F)c1.O=C1CCC2(CCC(c3ccccc3)NC2)NO1. The van der Waals surface area contributed by atoms with Crippen LogP contribution in [0.25, 0.3) is 0 Å². The first-order valence-electron chi connectivity index (χ1n) is 11.4. The second-order valence-electron chi connectivity index (χ2n) is 8.96. The van der Waals surface area contributed by atoms with Crippen LogP contribution in [-0.4, -0.2) is 25.2 Å². The summed E-state index contributed by atoms with van der Waals surface area (Å²) in [6.07, 6.45) is -7.03. The number of hydrogen-bond donors (Lipinski definition) is 2. The number of alkyl halides is 6. The van der Waals surface area contributed by atoms with Gasteiger partial charge in [-0.2, -0.15) is 26.3 Å². The molecule has 36 heavy (non-hydrogen) atoms. The Kier molecular flexibility index (Phi) is 8.68. The van der Waals surface area contributed by atoms with Crippen molar-refractivity contribution in [3.63, 3.8) is 0 Å². The molecule has 0 radical (unpaired) electrons. The van der Waals surface area contributed by atoms with E-state index in [1.165, 1.54) is 19.6 Å². The highest BCUT2D eigenvalue weighted by Crippen LogP contribution is 2.38. The van der Waals surface area contributed by atoms with Crippen LogP contribution < -0.4 is 10.8 Å². The standard InChI is InChI=1S/C14H18N2O2.C11H10F6O/c17-13-7-9-14(16-18-13)8-6-12(15-10-14)11-4-2-1-3-5-11;1-6(18-2)7-3-8(10(12,13)14)5-9(4-7)11(15,16)17/h1-5,12,15-16H,6-10H2;3-6H,1-2H3. The van der Waals surface area contributed by atoms with Crippen molar-refractivity contribution in [2.24, 2.45) is 0 Å². The molecule has 11 heteroatoms. The number of methoxy groups -OCH3 is 1. The van der Waals surface area contributed by atoms with E-state index in [0.717, 1.165) is 25.8 Å². The maximum atomic E-state index is 12.5. The lowest BCUT2D eigenvalue weighted by Gasteiger charge is -2.42. The molecule has 2 aromatic rings. The van der Waals surface area contributed by atoms with Crippen molar-refractivity contribution in [3.05, 3.63) is 70.8 Å². The van der Waals surface area contributed by atoms with Crippen molar-refractivity contribution >= 4 is 5.97 Å². The van der Waals surface area contributed by atoms with Crippen molar-refractivity contribution < 1.29 is 40.7 Å². The van der Waals surface area contributed by atoms with Gasteiger partial charge in [0.1, 0.15) is 0 Å². The van der Waals surface area contributed by atoms with Gasteiger partial charge in [0.05, 0.1) is 22.8 Å². The van der Waals surface area contributed by atoms with Gasteiger partial charge in [0.25, 0.3) is 0 Å². The molecule has 2 N–H and O–H groups in total. The molecule has 2 aliphatic heterocycles. The van der Waals surface area contributed by atoms with Crippen LogP contribution in [0, 0.1) is 0 Å². The average Bonchev–Trinajstić information content (AvgIpc) is 2.85. The number of hydroxylamine groups is 1. The lowest BCUT2D eigenvalue weighted by Crippen LogP contribution is -2.59. The minimum atomic E-state index is -4.83. The zero-order valence-electron chi connectivity index (χ0n) is 19.8. The molecule has 0 aliphatic carbocycles. The van der Waals surface area contributed by atoms with E-state index >= 15 is 0 Å². The summed E-state index contributed by atoms with van der Waals surface area (Å²) < 4.78 is 79.7. The molecule has 5 nitrogen and oxygen atoms in total. The summed E-state index contributed by atoms with van der Waals surface area (Å²) in [4.78, 5) is 16.1. The summed E-state index contributed by atoms with van der Waals surface area (Å²) in [6, 6.07) is 12.3. The lowest BCUT2D eigenvalue weighted by atomic mass is 9.82. The Hall–Kier alpha value is -2.63. The predicted molar refractivity (Wildman–Crippen MR) is 119 cm³/mol. The highest BCUT2D eigenvalue weighted by molar-refractivity contribution is 5.70. The van der Waals surface area contributed by atoms with Gasteiger partial charge in [0.2, 0.25) is 0 Å². The van der Waals surface area contributed by atoms with Gasteiger partial charge < -0.3 is 14.9 Å². The second kappa shape index (κ2) is 11.2. The first-order chi connectivity index (χ1) is 16.8. The molecule has 2 heterocycles. The Bertz CT molecular complexity index is 974. The van der Waals surface area contributed by atoms with Crippen LogP contribution in [0.5, 0.6) is 0 Å². The zero-order valence-corrected chi connectivity index (χ0v) is 19.8. The predicted octanol–water partition coefficient (Wildman–Crippen LogP) is 6.12. The summed E-state index contributed by atoms with van der Waals surface area (Å²) in [5.41, 5.74) is 1.38. The van der Waals surface area contributed by atoms with E-state index in [9.17, 15) is 31.1 Å². The maximum absolute atomic E-state index is 12.5. The molecule has 0 aromatic heterocycles. The average molecular weight is 518 g/mol. The number of rotatable bonds is 3. The first kappa shape index (κ1) is 27.9. The fourth-order valence-corrected chi connectivity index (χ4v) is 4.16. The topological polar surface area (TPSA) is 59.6 Å². The molecule has 0 saturated carbocycles. The van der Waals surface area contributed by atoms with Gasteiger partial charge in [-0.1, -0.05) is 30.3 Å². The summed E-state index contributed by atoms with van der Waals surface area (Å²) >= 11 is 0. The fraction of sp³-hybridized carbons (Fsp3) is 0.480. The molecule has 1 spiro atoms. The molecule has 3 atom stereocenters. The van der Waals surface area contributed by atoms with Crippen molar-refractivity contribution in [1.82, 2.24) is 10.8 Å². The number of benzene rings is 2. The summed E-state index contributed by atoms with van der Waals surface area (Å²) in [7, 11) is 1.21. The van der Waals surface area contributed by atoms with Gasteiger partial charge in [-0.25, -0.2) is 0 Å². The first-order valence-corrected chi connectivity index (χ1v) is 11.4. The molecule has 2 aromatic carbocycles. The van der Waals surface area contributed by atoms with Crippen LogP contribution in [0.1, 0.15) is 67.0 Å². The lowest BCUT2D eigenvalue weighted by molar-refractivity contribution is -0.166. The molecular formula is C25H28F6N2O3. The molecule has 4 rings (SSSR count). The number of ether oxygens (including phenoxy) is 1. The van der Waals surface area contributed by atoms with E-state index in [0.29, 0.717) is 24.6 Å². The molecular weight excluding hydrogens is 490 g/mol. The molecule has 2 fully saturated rings. The number of carbonyl (C=O) groups excluding carboxylic acids is 1. The zero-order chi connectivity index (χ0) is 26.6. The molecule has 2 aliphatic rings. The molecule has 3 unspecified atom stereocenters. The van der Waals surface area contributed by atoms with Gasteiger partial charge in [0, 0.05) is 26.1 Å². The largest absolute Gasteiger partial charge is 0.416 e. The van der Waals surface area contributed by atoms with E-state index < -0.39 is 29.6 Å². The van der Waals surface area contributed by atoms with E-state index in [-0.39, 0.29) is 23.1 Å². The smallest absolute Gasteiger partial charge is 0.377 e. The van der Waals surface area contributed by atoms with Crippen LogP contribution in [0.4, 0.5) is 26.3 Å². The number of carbonyl (C=O) groups is 1. The van der Waals surface area contributed by atoms with Crippen molar-refractivity contribution in [2.75, 3.05) is 13.7 Å². The van der Waals surface area contributed by atoms with E-state index in [2.05, 4.69) is 35.1 Å². The van der Waals surface area contributed by atoms with Crippen LogP contribution >= 0.6 is 0 Å². The molecule has 198 valence electrons. The summed E-state index contributed by atoms with van der Waals surface area (Å²) in [5.74, 6) is -0.147. The summed E-state index contributed by atoms with van der Waals surface area (Å²) in [6.45, 7) is 2.22. The van der Waals surface area contributed by atoms with Gasteiger partial charge >= 0.3 is 18.3 Å². The number of hydrogen-bond acceptors (Lipinski definition) is 5. The van der Waals surface area contributed by atoms with Crippen LogP contribution in [0.2, 0.25) is 0 Å². The Morgan fingerprint density at radius 3 is 2.06 bits per heavy atom. The number of piperidine rings is 1. The molecule has 0 amide bonds. The van der Waals surface area contributed by atoms with Gasteiger partial charge in [-0.15, -0.1) is 5.48 Å². The fourth-order valence-electron chi connectivity index (χ4n) is 4.16. The van der Waals surface area contributed by atoms with Gasteiger partial charge in [-0.05, 0) is 55.5 Å². The Morgan fingerprint density at radius 2 is 1.61 bits per heavy atom. The molecule has 2 saturated heterocycles. The van der Waals surface area contributed by atoms with E-state index in [1.54, 1.807) is 0 Å². The number of nitrogens with one attached hydrogen (secondary N) is 2. The third kappa shape index (κ3) is 7.21. The van der Waals surface area contributed by atoms with Crippen molar-refractivity contribution in [2.45, 2.75) is 62.6 Å². The minimum Gasteiger partial charge on any atom is -0.377 e. The van der Waals surface area contributed by atoms with E-state index in [1.807, 2.05) is 6.07 Å². The van der Waals surface area contributed by atoms with Gasteiger partial charge in [-0.3, -0.25) is 4.79 Å². The normalized spacial score (nSPS) is 23.4. The van der Waals surface area contributed by atoms with Crippen molar-refractivity contribution in [3.8, 4) is 0 Å². The minimum absolute atomic E-state index is 0.0564. The van der Waals surface area contributed by atoms with Crippen LogP contribution in [0.15, 0.2) is 48.5 Å². The number of halogens is 6. The van der Waals surface area contributed by atoms with Gasteiger partial charge in [0.15, 0.2) is 0 Å². The summed E-state index contributed by atoms with van der Waals surface area (Å²) in [5, 5.41) is 3.56.